The molecule has 0 N–H and O–H groups in total. The van der Waals surface area contributed by atoms with E-state index < -0.39 is 20.6 Å². The molecule has 0 spiro atoms. The van der Waals surface area contributed by atoms with Crippen molar-refractivity contribution in [3.63, 3.8) is 0 Å². The van der Waals surface area contributed by atoms with E-state index in [0.717, 1.165) is 0 Å². The van der Waals surface area contributed by atoms with E-state index in [0.29, 0.717) is 5.75 Å². The molecule has 0 rings (SSSR count). The van der Waals surface area contributed by atoms with Crippen LogP contribution in [-0.4, -0.2) is 48.1 Å². The predicted molar refractivity (Wildman–Crippen MR) is 56.0 cm³/mol. The first-order valence-electron chi connectivity index (χ1n) is 3.47. The Bertz CT molecular complexity index is 232. The van der Waals surface area contributed by atoms with Crippen LogP contribution in [0.3, 0.4) is 0 Å². The molecule has 0 saturated heterocycles. The Morgan fingerprint density at radius 2 is 1.92 bits per heavy atom. The van der Waals surface area contributed by atoms with Crippen LogP contribution in [0.25, 0.3) is 0 Å². The first-order valence-corrected chi connectivity index (χ1v) is 8.41. The summed E-state index contributed by atoms with van der Waals surface area (Å²) in [7, 11) is -3.96. The largest absolute Gasteiger partial charge is 0.260 e. The van der Waals surface area contributed by atoms with Crippen LogP contribution in [0, 0.1) is 0 Å². The van der Waals surface area contributed by atoms with Gasteiger partial charge in [0.15, 0.2) is 9.84 Å². The fourth-order valence-electron chi connectivity index (χ4n) is 0.557. The summed E-state index contributed by atoms with van der Waals surface area (Å²) in [4.78, 5) is 0. The molecule has 0 amide bonds. The van der Waals surface area contributed by atoms with Crippen LogP contribution < -0.4 is 0 Å². The molecular weight excluding hydrogens is 220 g/mol. The smallest absolute Gasteiger partial charge is 0.152 e. The van der Waals surface area contributed by atoms with E-state index in [1.807, 2.05) is 6.26 Å². The van der Waals surface area contributed by atoms with E-state index in [2.05, 4.69) is 0 Å². The fourth-order valence-corrected chi connectivity index (χ4v) is 4.40. The highest BCUT2D eigenvalue weighted by atomic mass is 32.2. The van der Waals surface area contributed by atoms with Crippen LogP contribution in [0.1, 0.15) is 0 Å². The van der Waals surface area contributed by atoms with Crippen molar-refractivity contribution in [3.8, 4) is 0 Å². The van der Waals surface area contributed by atoms with Crippen LogP contribution in [-0.2, 0) is 20.6 Å². The van der Waals surface area contributed by atoms with Crippen molar-refractivity contribution in [2.24, 2.45) is 0 Å². The first kappa shape index (κ1) is 12.4. The molecule has 74 valence electrons. The third kappa shape index (κ3) is 7.12. The first-order chi connectivity index (χ1) is 5.48. The summed E-state index contributed by atoms with van der Waals surface area (Å²) in [5.74, 6) is 1.14. The molecule has 12 heavy (non-hydrogen) atoms. The van der Waals surface area contributed by atoms with Crippen LogP contribution in [0.5, 0.6) is 0 Å². The molecule has 1 atom stereocenters. The second kappa shape index (κ2) is 5.99. The molecule has 0 aliphatic carbocycles. The lowest BCUT2D eigenvalue weighted by atomic mass is 11.9. The molecule has 0 bridgehead atoms. The molecule has 0 radical (unpaired) electrons. The molecule has 0 fully saturated rings. The maximum absolute atomic E-state index is 11.1. The Morgan fingerprint density at radius 3 is 2.33 bits per heavy atom. The Labute approximate surface area is 80.7 Å². The van der Waals surface area contributed by atoms with E-state index in [-0.39, 0.29) is 17.3 Å². The number of hydrogen-bond acceptors (Lipinski definition) is 4. The number of sulfone groups is 1. The van der Waals surface area contributed by atoms with Gasteiger partial charge in [-0.2, -0.15) is 11.8 Å². The fraction of sp³-hybridized carbons (Fsp3) is 1.00. The molecule has 0 aromatic heterocycles. The highest BCUT2D eigenvalue weighted by Gasteiger charge is 2.10. The van der Waals surface area contributed by atoms with Gasteiger partial charge in [-0.3, -0.25) is 4.21 Å². The summed E-state index contributed by atoms with van der Waals surface area (Å²) in [6.45, 7) is 0. The lowest BCUT2D eigenvalue weighted by Gasteiger charge is -2.00. The van der Waals surface area contributed by atoms with E-state index in [1.165, 1.54) is 18.0 Å². The van der Waals surface area contributed by atoms with E-state index in [1.54, 1.807) is 0 Å². The second-order valence-corrected chi connectivity index (χ2v) is 7.27. The third-order valence-corrected chi connectivity index (χ3v) is 4.84. The van der Waals surface area contributed by atoms with Gasteiger partial charge in [0.1, 0.15) is 0 Å². The molecule has 3 nitrogen and oxygen atoms in total. The highest BCUT2D eigenvalue weighted by Crippen LogP contribution is 1.97. The van der Waals surface area contributed by atoms with Gasteiger partial charge in [-0.15, -0.1) is 0 Å². The summed E-state index contributed by atoms with van der Waals surface area (Å²) in [5, 5.41) is 0. The maximum atomic E-state index is 11.1. The van der Waals surface area contributed by atoms with Crippen molar-refractivity contribution in [2.75, 3.05) is 35.5 Å². The highest BCUT2D eigenvalue weighted by molar-refractivity contribution is 8.00. The van der Waals surface area contributed by atoms with E-state index in [4.69, 9.17) is 0 Å². The lowest BCUT2D eigenvalue weighted by Crippen LogP contribution is -2.17. The number of rotatable bonds is 6. The van der Waals surface area contributed by atoms with Crippen LogP contribution in [0.2, 0.25) is 0 Å². The third-order valence-electron chi connectivity index (χ3n) is 1.28. The molecule has 0 aromatic carbocycles. The molecule has 0 aliphatic heterocycles. The summed E-state index contributed by atoms with van der Waals surface area (Å²) >= 11 is 1.51. The van der Waals surface area contributed by atoms with Crippen LogP contribution >= 0.6 is 11.8 Å². The van der Waals surface area contributed by atoms with Gasteiger partial charge in [-0.1, -0.05) is 0 Å². The van der Waals surface area contributed by atoms with Crippen molar-refractivity contribution < 1.29 is 12.6 Å². The van der Waals surface area contributed by atoms with Gasteiger partial charge in [-0.05, 0) is 6.26 Å². The van der Waals surface area contributed by atoms with Gasteiger partial charge in [0.25, 0.3) is 0 Å². The van der Waals surface area contributed by atoms with Gasteiger partial charge in [0.2, 0.25) is 0 Å². The average molecular weight is 234 g/mol. The second-order valence-electron chi connectivity index (χ2n) is 2.42. The van der Waals surface area contributed by atoms with Gasteiger partial charge in [0.05, 0.1) is 11.5 Å². The summed E-state index contributed by atoms with van der Waals surface area (Å²) in [6, 6.07) is 0. The Morgan fingerprint density at radius 1 is 1.33 bits per heavy atom. The van der Waals surface area contributed by atoms with Gasteiger partial charge >= 0.3 is 0 Å². The molecule has 6 heteroatoms. The van der Waals surface area contributed by atoms with Crippen molar-refractivity contribution in [1.82, 2.24) is 0 Å². The standard InChI is InChI=1S/C6H14O3S3/c1-10-3-5-12(8,9)6-4-11(2)7/h3-6H2,1-2H3/i3+1,4+1,5+1,6+1. The number of thioether (sulfide) groups is 1. The SMILES string of the molecule is CS[13CH2][13CH2]S(=O)(=O)[13CH2][13CH2]S(C)=O. The zero-order valence-corrected chi connectivity index (χ0v) is 9.73. The van der Waals surface area contributed by atoms with Gasteiger partial charge in [-0.25, -0.2) is 8.42 Å². The van der Waals surface area contributed by atoms with Crippen LogP contribution in [0.4, 0.5) is 0 Å². The maximum Gasteiger partial charge on any atom is 0.152 e. The van der Waals surface area contributed by atoms with Crippen molar-refractivity contribution >= 4 is 32.4 Å². The minimum absolute atomic E-state index is 0.0523. The Hall–Kier alpha value is 0.450. The predicted octanol–water partition coefficient (Wildman–Crippen LogP) is 0.143. The zero-order chi connectivity index (χ0) is 9.61. The van der Waals surface area contributed by atoms with Crippen molar-refractivity contribution in [1.29, 1.82) is 0 Å². The monoisotopic (exact) mass is 234 g/mol. The summed E-state index contributed by atoms with van der Waals surface area (Å²) < 4.78 is 32.9. The summed E-state index contributed by atoms with van der Waals surface area (Å²) in [5.41, 5.74) is 0. The normalized spacial score (nSPS) is 14.5. The van der Waals surface area contributed by atoms with Gasteiger partial charge < -0.3 is 0 Å². The topological polar surface area (TPSA) is 51.2 Å². The van der Waals surface area contributed by atoms with Gasteiger partial charge in [0, 0.05) is 28.6 Å². The molecule has 0 aromatic rings. The molecule has 0 heterocycles. The quantitative estimate of drug-likeness (QED) is 0.614. The molecule has 0 aliphatic rings. The molecule has 0 saturated carbocycles. The lowest BCUT2D eigenvalue weighted by molar-refractivity contribution is 0.598. The van der Waals surface area contributed by atoms with E-state index in [9.17, 15) is 12.6 Å². The van der Waals surface area contributed by atoms with E-state index >= 15 is 0 Å². The minimum Gasteiger partial charge on any atom is -0.260 e. The van der Waals surface area contributed by atoms with Crippen LogP contribution in [0.15, 0.2) is 0 Å². The molecular formula is C6H14O3S3. The molecule has 1 unspecified atom stereocenters. The summed E-state index contributed by atoms with van der Waals surface area (Å²) in [6.07, 6.45) is 3.39. The number of hydrogen-bond donors (Lipinski definition) is 0. The minimum atomic E-state index is -2.95. The Balaban J connectivity index is 3.80. The average Bonchev–Trinajstić information content (AvgIpc) is 1.98. The van der Waals surface area contributed by atoms with Crippen molar-refractivity contribution in [3.05, 3.63) is 0 Å². The zero-order valence-electron chi connectivity index (χ0n) is 7.28. The van der Waals surface area contributed by atoms with Crippen molar-refractivity contribution in [2.45, 2.75) is 0 Å². The Kier molecular flexibility index (Phi) is 6.21.